The number of carbonyl (C=O) groups is 3. The lowest BCUT2D eigenvalue weighted by molar-refractivity contribution is -0.132. The van der Waals surface area contributed by atoms with E-state index < -0.39 is 12.1 Å². The van der Waals surface area contributed by atoms with Crippen LogP contribution >= 0.6 is 0 Å². The van der Waals surface area contributed by atoms with Crippen LogP contribution in [0.4, 0.5) is 10.6 Å². The largest absolute Gasteiger partial charge is 0.357 e. The van der Waals surface area contributed by atoms with Crippen LogP contribution in [0.1, 0.15) is 56.0 Å². The lowest BCUT2D eigenvalue weighted by atomic mass is 9.95. The van der Waals surface area contributed by atoms with Gasteiger partial charge in [-0.05, 0) is 39.0 Å². The fourth-order valence-corrected chi connectivity index (χ4v) is 4.34. The average Bonchev–Trinajstić information content (AvgIpc) is 3.35. The second-order valence-corrected chi connectivity index (χ2v) is 8.13. The van der Waals surface area contributed by atoms with Gasteiger partial charge < -0.3 is 15.1 Å². The number of rotatable bonds is 5. The van der Waals surface area contributed by atoms with Crippen LogP contribution in [0.3, 0.4) is 0 Å². The van der Waals surface area contributed by atoms with Crippen LogP contribution in [0.2, 0.25) is 0 Å². The van der Waals surface area contributed by atoms with Gasteiger partial charge in [-0.2, -0.15) is 0 Å². The molecule has 0 bridgehead atoms. The number of aromatic nitrogens is 2. The molecular weight excluding hydrogens is 372 g/mol. The van der Waals surface area contributed by atoms with Crippen LogP contribution in [0, 0.1) is 6.92 Å². The molecule has 3 saturated heterocycles. The Bertz CT molecular complexity index is 799. The summed E-state index contributed by atoms with van der Waals surface area (Å²) in [6.07, 6.45) is 4.69. The maximum atomic E-state index is 12.5. The summed E-state index contributed by atoms with van der Waals surface area (Å²) in [6, 6.07) is 0.972. The minimum atomic E-state index is -0.603. The number of nitrogens with zero attached hydrogens (tertiary/aromatic N) is 4. The molecule has 1 unspecified atom stereocenters. The first-order chi connectivity index (χ1) is 14.0. The van der Waals surface area contributed by atoms with Gasteiger partial charge in [-0.3, -0.25) is 14.9 Å². The molecule has 9 heteroatoms. The third kappa shape index (κ3) is 4.49. The molecule has 3 fully saturated rings. The summed E-state index contributed by atoms with van der Waals surface area (Å²) in [7, 11) is 0. The van der Waals surface area contributed by atoms with E-state index >= 15 is 0 Å². The molecule has 4 heterocycles. The van der Waals surface area contributed by atoms with E-state index in [4.69, 9.17) is 4.98 Å². The summed E-state index contributed by atoms with van der Waals surface area (Å²) in [5, 5.41) is 4.73. The first kappa shape index (κ1) is 19.6. The van der Waals surface area contributed by atoms with Gasteiger partial charge in [0.15, 0.2) is 0 Å². The third-order valence-electron chi connectivity index (χ3n) is 6.01. The van der Waals surface area contributed by atoms with Gasteiger partial charge in [-0.25, -0.2) is 14.8 Å². The fourth-order valence-electron chi connectivity index (χ4n) is 4.34. The van der Waals surface area contributed by atoms with Crippen molar-refractivity contribution in [3.63, 3.8) is 0 Å². The van der Waals surface area contributed by atoms with E-state index in [9.17, 15) is 14.4 Å². The van der Waals surface area contributed by atoms with E-state index in [-0.39, 0.29) is 24.2 Å². The number of carbonyl (C=O) groups excluding carboxylic acids is 3. The van der Waals surface area contributed by atoms with Crippen LogP contribution in [0.15, 0.2) is 6.07 Å². The monoisotopic (exact) mass is 400 g/mol. The molecule has 1 aromatic rings. The number of nitrogens with one attached hydrogen (secondary N) is 2. The number of imide groups is 1. The van der Waals surface area contributed by atoms with Gasteiger partial charge >= 0.3 is 6.03 Å². The molecule has 4 amide bonds. The van der Waals surface area contributed by atoms with Crippen molar-refractivity contribution in [1.82, 2.24) is 25.5 Å². The molecule has 2 N–H and O–H groups in total. The summed E-state index contributed by atoms with van der Waals surface area (Å²) in [5.74, 6) is 1.86. The number of amides is 4. The van der Waals surface area contributed by atoms with Crippen molar-refractivity contribution in [1.29, 1.82) is 0 Å². The maximum Gasteiger partial charge on any atom is 0.322 e. The quantitative estimate of drug-likeness (QED) is 0.716. The molecule has 3 aliphatic rings. The summed E-state index contributed by atoms with van der Waals surface area (Å²) in [4.78, 5) is 49.0. The lowest BCUT2D eigenvalue weighted by Gasteiger charge is -2.32. The number of hydrogen-bond donors (Lipinski definition) is 2. The topological polar surface area (TPSA) is 108 Å². The van der Waals surface area contributed by atoms with Crippen molar-refractivity contribution in [3.05, 3.63) is 17.6 Å². The molecule has 0 aromatic carbocycles. The Kier molecular flexibility index (Phi) is 5.64. The van der Waals surface area contributed by atoms with E-state index in [2.05, 4.69) is 26.6 Å². The normalized spacial score (nSPS) is 22.7. The van der Waals surface area contributed by atoms with Gasteiger partial charge in [0, 0.05) is 50.3 Å². The second kappa shape index (κ2) is 8.34. The average molecular weight is 400 g/mol. The SMILES string of the molecule is Cc1cc(N2CCCC2)nc(C2CCN(C(=O)CCC3NC(=O)NC3=O)CC2)n1. The first-order valence-electron chi connectivity index (χ1n) is 10.5. The van der Waals surface area contributed by atoms with E-state index in [1.165, 1.54) is 12.8 Å². The van der Waals surface area contributed by atoms with Crippen molar-refractivity contribution < 1.29 is 14.4 Å². The number of aryl methyl sites for hydroxylation is 1. The molecule has 1 aromatic heterocycles. The van der Waals surface area contributed by atoms with Crippen LogP contribution in [0.25, 0.3) is 0 Å². The van der Waals surface area contributed by atoms with E-state index in [0.717, 1.165) is 43.3 Å². The molecule has 0 spiro atoms. The Labute approximate surface area is 170 Å². The zero-order valence-electron chi connectivity index (χ0n) is 16.8. The van der Waals surface area contributed by atoms with Crippen LogP contribution in [-0.4, -0.2) is 64.9 Å². The number of hydrogen-bond acceptors (Lipinski definition) is 6. The Morgan fingerprint density at radius 3 is 2.52 bits per heavy atom. The highest BCUT2D eigenvalue weighted by Crippen LogP contribution is 2.28. The van der Waals surface area contributed by atoms with Crippen molar-refractivity contribution in [2.24, 2.45) is 0 Å². The molecule has 1 atom stereocenters. The molecule has 0 radical (unpaired) electrons. The third-order valence-corrected chi connectivity index (χ3v) is 6.01. The van der Waals surface area contributed by atoms with Gasteiger partial charge in [0.05, 0.1) is 0 Å². The highest BCUT2D eigenvalue weighted by molar-refractivity contribution is 6.04. The zero-order chi connectivity index (χ0) is 20.4. The van der Waals surface area contributed by atoms with Crippen LogP contribution in [-0.2, 0) is 9.59 Å². The molecule has 0 aliphatic carbocycles. The number of anilines is 1. The Hall–Kier alpha value is -2.71. The Morgan fingerprint density at radius 2 is 1.86 bits per heavy atom. The van der Waals surface area contributed by atoms with Gasteiger partial charge in [-0.15, -0.1) is 0 Å². The molecule has 0 saturated carbocycles. The van der Waals surface area contributed by atoms with Crippen molar-refractivity contribution in [2.45, 2.75) is 57.4 Å². The minimum absolute atomic E-state index is 0.0281. The standard InChI is InChI=1S/C20H28N6O3/c1-13-12-16(25-8-2-3-9-25)23-18(21-13)14-6-10-26(11-7-14)17(27)5-4-15-19(28)24-20(29)22-15/h12,14-15H,2-11H2,1H3,(H2,22,24,28,29). The second-order valence-electron chi connectivity index (χ2n) is 8.13. The smallest absolute Gasteiger partial charge is 0.322 e. The summed E-state index contributed by atoms with van der Waals surface area (Å²) in [6.45, 7) is 5.47. The molecule has 156 valence electrons. The Morgan fingerprint density at radius 1 is 1.14 bits per heavy atom. The minimum Gasteiger partial charge on any atom is -0.357 e. The van der Waals surface area contributed by atoms with Gasteiger partial charge in [-0.1, -0.05) is 0 Å². The van der Waals surface area contributed by atoms with Gasteiger partial charge in [0.25, 0.3) is 5.91 Å². The summed E-state index contributed by atoms with van der Waals surface area (Å²) in [5.41, 5.74) is 0.993. The zero-order valence-corrected chi connectivity index (χ0v) is 16.8. The van der Waals surface area contributed by atoms with Crippen LogP contribution < -0.4 is 15.5 Å². The van der Waals surface area contributed by atoms with E-state index in [1.54, 1.807) is 0 Å². The van der Waals surface area contributed by atoms with Gasteiger partial charge in [0.2, 0.25) is 5.91 Å². The molecule has 29 heavy (non-hydrogen) atoms. The molecule has 3 aliphatic heterocycles. The first-order valence-corrected chi connectivity index (χ1v) is 10.5. The van der Waals surface area contributed by atoms with E-state index in [1.807, 2.05) is 11.8 Å². The lowest BCUT2D eigenvalue weighted by Crippen LogP contribution is -2.39. The highest BCUT2D eigenvalue weighted by Gasteiger charge is 2.31. The molecule has 9 nitrogen and oxygen atoms in total. The molecular formula is C20H28N6O3. The fraction of sp³-hybridized carbons (Fsp3) is 0.650. The van der Waals surface area contributed by atoms with Gasteiger partial charge in [0.1, 0.15) is 17.7 Å². The molecule has 4 rings (SSSR count). The highest BCUT2D eigenvalue weighted by atomic mass is 16.2. The van der Waals surface area contributed by atoms with Crippen LogP contribution in [0.5, 0.6) is 0 Å². The summed E-state index contributed by atoms with van der Waals surface area (Å²) >= 11 is 0. The number of likely N-dealkylation sites (tertiary alicyclic amines) is 1. The van der Waals surface area contributed by atoms with E-state index in [0.29, 0.717) is 19.5 Å². The van der Waals surface area contributed by atoms with Crippen molar-refractivity contribution >= 4 is 23.7 Å². The number of urea groups is 1. The Balaban J connectivity index is 1.30. The van der Waals surface area contributed by atoms with Crippen molar-refractivity contribution in [3.8, 4) is 0 Å². The maximum absolute atomic E-state index is 12.5. The predicted octanol–water partition coefficient (Wildman–Crippen LogP) is 1.08. The predicted molar refractivity (Wildman–Crippen MR) is 106 cm³/mol. The van der Waals surface area contributed by atoms with Crippen molar-refractivity contribution in [2.75, 3.05) is 31.1 Å². The summed E-state index contributed by atoms with van der Waals surface area (Å²) < 4.78 is 0. The number of piperidine rings is 1.